The van der Waals surface area contributed by atoms with Crippen molar-refractivity contribution in [1.29, 1.82) is 0 Å². The van der Waals surface area contributed by atoms with Gasteiger partial charge in [0.2, 0.25) is 0 Å². The molecule has 0 aromatic heterocycles. The summed E-state index contributed by atoms with van der Waals surface area (Å²) >= 11 is 3.51. The summed E-state index contributed by atoms with van der Waals surface area (Å²) in [7, 11) is 0. The largest absolute Gasteiger partial charge is 0.326 e. The zero-order chi connectivity index (χ0) is 15.0. The molecule has 2 nitrogen and oxygen atoms in total. The molecule has 0 aliphatic heterocycles. The van der Waals surface area contributed by atoms with Crippen LogP contribution in [0.4, 0.5) is 0 Å². The van der Waals surface area contributed by atoms with Crippen LogP contribution in [0.5, 0.6) is 0 Å². The maximum atomic E-state index is 6.30. The van der Waals surface area contributed by atoms with Gasteiger partial charge < -0.3 is 5.73 Å². The fourth-order valence-corrected chi connectivity index (χ4v) is 2.88. The summed E-state index contributed by atoms with van der Waals surface area (Å²) in [5.74, 6) is 0. The Bertz CT molecular complexity index is 354. The predicted molar refractivity (Wildman–Crippen MR) is 91.9 cm³/mol. The van der Waals surface area contributed by atoms with Gasteiger partial charge in [0.05, 0.1) is 0 Å². The molecule has 0 saturated heterocycles. The van der Waals surface area contributed by atoms with E-state index in [2.05, 4.69) is 65.9 Å². The van der Waals surface area contributed by atoms with E-state index in [4.69, 9.17) is 5.73 Å². The Hall–Kier alpha value is -0.380. The van der Waals surface area contributed by atoms with E-state index < -0.39 is 0 Å². The molecule has 0 aliphatic carbocycles. The maximum absolute atomic E-state index is 6.30. The highest BCUT2D eigenvalue weighted by Crippen LogP contribution is 2.26. The minimum absolute atomic E-state index is 0.143. The van der Waals surface area contributed by atoms with Crippen molar-refractivity contribution in [2.45, 2.75) is 58.5 Å². The molecule has 0 aliphatic rings. The van der Waals surface area contributed by atoms with Crippen LogP contribution >= 0.6 is 15.9 Å². The lowest BCUT2D eigenvalue weighted by Crippen LogP contribution is -2.40. The molecule has 2 unspecified atom stereocenters. The van der Waals surface area contributed by atoms with Gasteiger partial charge in [-0.2, -0.15) is 0 Å². The number of nitrogens with zero attached hydrogens (tertiary/aromatic N) is 1. The van der Waals surface area contributed by atoms with Crippen molar-refractivity contribution in [3.8, 4) is 0 Å². The molecule has 114 valence electrons. The van der Waals surface area contributed by atoms with E-state index in [1.807, 2.05) is 0 Å². The van der Waals surface area contributed by atoms with Crippen LogP contribution in [0, 0.1) is 0 Å². The number of nitrogens with two attached hydrogens (primary N) is 1. The number of hydrogen-bond donors (Lipinski definition) is 1. The molecule has 0 spiro atoms. The molecule has 3 heteroatoms. The monoisotopic (exact) mass is 340 g/mol. The van der Waals surface area contributed by atoms with E-state index in [1.165, 1.54) is 31.2 Å². The molecule has 1 rings (SSSR count). The highest BCUT2D eigenvalue weighted by atomic mass is 79.9. The van der Waals surface area contributed by atoms with Gasteiger partial charge in [-0.3, -0.25) is 4.90 Å². The molecule has 0 amide bonds. The van der Waals surface area contributed by atoms with E-state index in [1.54, 1.807) is 0 Å². The van der Waals surface area contributed by atoms with Crippen LogP contribution in [0.2, 0.25) is 0 Å². The Labute approximate surface area is 132 Å². The average molecular weight is 341 g/mol. The molecule has 1 aromatic carbocycles. The van der Waals surface area contributed by atoms with Crippen molar-refractivity contribution in [3.05, 3.63) is 34.3 Å². The van der Waals surface area contributed by atoms with Crippen LogP contribution in [-0.2, 0) is 0 Å². The van der Waals surface area contributed by atoms with Crippen molar-refractivity contribution >= 4 is 15.9 Å². The zero-order valence-electron chi connectivity index (χ0n) is 13.1. The zero-order valence-corrected chi connectivity index (χ0v) is 14.7. The molecule has 0 fully saturated rings. The van der Waals surface area contributed by atoms with E-state index in [-0.39, 0.29) is 6.04 Å². The van der Waals surface area contributed by atoms with Crippen LogP contribution in [0.3, 0.4) is 0 Å². The molecule has 0 heterocycles. The third-order valence-corrected chi connectivity index (χ3v) is 4.23. The Balaban J connectivity index is 2.90. The van der Waals surface area contributed by atoms with Crippen molar-refractivity contribution in [2.75, 3.05) is 13.1 Å². The number of unbranched alkanes of at least 4 members (excludes halogenated alkanes) is 2. The highest BCUT2D eigenvalue weighted by Gasteiger charge is 2.23. The second-order valence-electron chi connectivity index (χ2n) is 5.60. The standard InChI is InChI=1S/C17H29BrN2/c1-4-6-12-20(13-7-5-2)17(14(3)19)15-8-10-16(18)11-9-15/h8-11,14,17H,4-7,12-13,19H2,1-3H3. The summed E-state index contributed by atoms with van der Waals surface area (Å²) in [5.41, 5.74) is 7.63. The van der Waals surface area contributed by atoms with Gasteiger partial charge in [-0.25, -0.2) is 0 Å². The van der Waals surface area contributed by atoms with Crippen molar-refractivity contribution in [2.24, 2.45) is 5.73 Å². The molecule has 2 N–H and O–H groups in total. The van der Waals surface area contributed by atoms with E-state index in [0.29, 0.717) is 6.04 Å². The first kappa shape index (κ1) is 17.7. The fraction of sp³-hybridized carbons (Fsp3) is 0.647. The summed E-state index contributed by atoms with van der Waals surface area (Å²) in [4.78, 5) is 2.57. The van der Waals surface area contributed by atoms with Crippen LogP contribution in [-0.4, -0.2) is 24.0 Å². The first-order chi connectivity index (χ1) is 9.60. The van der Waals surface area contributed by atoms with Crippen LogP contribution in [0.15, 0.2) is 28.7 Å². The lowest BCUT2D eigenvalue weighted by molar-refractivity contribution is 0.171. The van der Waals surface area contributed by atoms with Crippen LogP contribution < -0.4 is 5.73 Å². The molecule has 1 aromatic rings. The summed E-state index contributed by atoms with van der Waals surface area (Å²) in [6.45, 7) is 8.90. The normalized spacial score (nSPS) is 14.5. The second kappa shape index (κ2) is 9.54. The summed E-state index contributed by atoms with van der Waals surface area (Å²) in [6.07, 6.45) is 4.94. The lowest BCUT2D eigenvalue weighted by atomic mass is 9.98. The Morgan fingerprint density at radius 2 is 1.55 bits per heavy atom. The second-order valence-corrected chi connectivity index (χ2v) is 6.51. The number of benzene rings is 1. The molecule has 0 bridgehead atoms. The minimum Gasteiger partial charge on any atom is -0.326 e. The molecule has 0 saturated carbocycles. The Kier molecular flexibility index (Phi) is 8.43. The predicted octanol–water partition coefficient (Wildman–Crippen LogP) is 4.74. The smallest absolute Gasteiger partial charge is 0.0496 e. The Morgan fingerprint density at radius 1 is 1.05 bits per heavy atom. The third kappa shape index (κ3) is 5.55. The molecular formula is C17H29BrN2. The topological polar surface area (TPSA) is 29.3 Å². The maximum Gasteiger partial charge on any atom is 0.0496 e. The Morgan fingerprint density at radius 3 is 1.95 bits per heavy atom. The van der Waals surface area contributed by atoms with Crippen LogP contribution in [0.1, 0.15) is 58.1 Å². The van der Waals surface area contributed by atoms with Crippen molar-refractivity contribution in [3.63, 3.8) is 0 Å². The summed E-state index contributed by atoms with van der Waals surface area (Å²) < 4.78 is 1.12. The van der Waals surface area contributed by atoms with Gasteiger partial charge in [0.15, 0.2) is 0 Å². The highest BCUT2D eigenvalue weighted by molar-refractivity contribution is 9.10. The number of halogens is 1. The number of hydrogen-bond acceptors (Lipinski definition) is 2. The molecular weight excluding hydrogens is 312 g/mol. The molecule has 0 radical (unpaired) electrons. The fourth-order valence-electron chi connectivity index (χ4n) is 2.62. The van der Waals surface area contributed by atoms with Crippen molar-refractivity contribution in [1.82, 2.24) is 4.90 Å². The van der Waals surface area contributed by atoms with Gasteiger partial charge in [0.1, 0.15) is 0 Å². The summed E-state index contributed by atoms with van der Waals surface area (Å²) in [5, 5.41) is 0. The molecule has 20 heavy (non-hydrogen) atoms. The minimum atomic E-state index is 0.143. The van der Waals surface area contributed by atoms with Gasteiger partial charge in [0.25, 0.3) is 0 Å². The first-order valence-electron chi connectivity index (χ1n) is 7.85. The average Bonchev–Trinajstić information content (AvgIpc) is 2.43. The van der Waals surface area contributed by atoms with E-state index >= 15 is 0 Å². The lowest BCUT2D eigenvalue weighted by Gasteiger charge is -2.35. The SMILES string of the molecule is CCCCN(CCCC)C(c1ccc(Br)cc1)C(C)N. The van der Waals surface area contributed by atoms with Gasteiger partial charge in [-0.15, -0.1) is 0 Å². The van der Waals surface area contributed by atoms with Gasteiger partial charge in [-0.1, -0.05) is 54.8 Å². The van der Waals surface area contributed by atoms with E-state index in [9.17, 15) is 0 Å². The quantitative estimate of drug-likeness (QED) is 0.703. The van der Waals surface area contributed by atoms with Crippen LogP contribution in [0.25, 0.3) is 0 Å². The van der Waals surface area contributed by atoms with Gasteiger partial charge in [-0.05, 0) is 50.6 Å². The van der Waals surface area contributed by atoms with Crippen molar-refractivity contribution < 1.29 is 0 Å². The number of rotatable bonds is 9. The summed E-state index contributed by atoms with van der Waals surface area (Å²) in [6, 6.07) is 9.09. The van der Waals surface area contributed by atoms with Gasteiger partial charge in [0, 0.05) is 16.6 Å². The van der Waals surface area contributed by atoms with E-state index in [0.717, 1.165) is 17.6 Å². The third-order valence-electron chi connectivity index (χ3n) is 3.70. The molecule has 2 atom stereocenters. The first-order valence-corrected chi connectivity index (χ1v) is 8.64. The van der Waals surface area contributed by atoms with Gasteiger partial charge >= 0.3 is 0 Å².